The topological polar surface area (TPSA) is 90.0 Å². The molecule has 0 aliphatic heterocycles. The predicted octanol–water partition coefficient (Wildman–Crippen LogP) is 5.43. The van der Waals surface area contributed by atoms with Gasteiger partial charge in [-0.15, -0.1) is 0 Å². The summed E-state index contributed by atoms with van der Waals surface area (Å²) in [5, 5.41) is 2.67. The fraction of sp³-hybridized carbons (Fsp3) is 0.115. The zero-order chi connectivity index (χ0) is 25.0. The zero-order valence-electron chi connectivity index (χ0n) is 18.4. The van der Waals surface area contributed by atoms with E-state index in [2.05, 4.69) is 10.3 Å². The van der Waals surface area contributed by atoms with Gasteiger partial charge < -0.3 is 15.6 Å². The smallest absolute Gasteiger partial charge is 0.370 e. The van der Waals surface area contributed by atoms with Crippen molar-refractivity contribution in [3.05, 3.63) is 90.9 Å². The number of halogens is 3. The van der Waals surface area contributed by atoms with Gasteiger partial charge in [-0.05, 0) is 41.5 Å². The van der Waals surface area contributed by atoms with Crippen LogP contribution in [0.25, 0.3) is 28.1 Å². The van der Waals surface area contributed by atoms with Gasteiger partial charge in [-0.3, -0.25) is 9.59 Å². The Morgan fingerprint density at radius 1 is 0.914 bits per heavy atom. The third-order valence-corrected chi connectivity index (χ3v) is 5.34. The quantitative estimate of drug-likeness (QED) is 0.371. The number of nitrogens with one attached hydrogen (secondary N) is 1. The molecule has 6 nitrogen and oxygen atoms in total. The average Bonchev–Trinajstić information content (AvgIpc) is 3.33. The monoisotopic (exact) mass is 478 g/mol. The SMILES string of the molecule is NC(=O)CCC(=O)Nc1ccc(-n2cnc(-c3ccc(-c4ccccc4)c(C(F)(F)F)c3)c2)cc1. The molecule has 0 radical (unpaired) electrons. The summed E-state index contributed by atoms with van der Waals surface area (Å²) >= 11 is 0. The summed E-state index contributed by atoms with van der Waals surface area (Å²) in [4.78, 5) is 26.9. The molecule has 0 saturated carbocycles. The molecule has 3 aromatic carbocycles. The van der Waals surface area contributed by atoms with Crippen molar-refractivity contribution in [3.8, 4) is 28.1 Å². The molecule has 0 unspecified atom stereocenters. The number of benzene rings is 3. The summed E-state index contributed by atoms with van der Waals surface area (Å²) in [7, 11) is 0. The van der Waals surface area contributed by atoms with Crippen LogP contribution in [-0.2, 0) is 15.8 Å². The van der Waals surface area contributed by atoms with Crippen LogP contribution in [0.4, 0.5) is 18.9 Å². The number of primary amides is 1. The standard InChI is InChI=1S/C26H21F3N4O2/c27-26(28,29)22-14-18(6-11-21(22)17-4-2-1-3-5-17)23-15-33(16-31-23)20-9-7-19(8-10-20)32-25(35)13-12-24(30)34/h1-11,14-16H,12-13H2,(H2,30,34)(H,32,35). The second-order valence-electron chi connectivity index (χ2n) is 7.85. The predicted molar refractivity (Wildman–Crippen MR) is 126 cm³/mol. The van der Waals surface area contributed by atoms with E-state index in [-0.39, 0.29) is 24.3 Å². The largest absolute Gasteiger partial charge is 0.417 e. The van der Waals surface area contributed by atoms with Crippen LogP contribution in [0.1, 0.15) is 18.4 Å². The van der Waals surface area contributed by atoms with Gasteiger partial charge in [-0.25, -0.2) is 4.98 Å². The van der Waals surface area contributed by atoms with Crippen molar-refractivity contribution in [2.24, 2.45) is 5.73 Å². The molecule has 35 heavy (non-hydrogen) atoms. The van der Waals surface area contributed by atoms with E-state index in [1.54, 1.807) is 71.4 Å². The minimum Gasteiger partial charge on any atom is -0.370 e. The van der Waals surface area contributed by atoms with Crippen LogP contribution in [0.2, 0.25) is 0 Å². The van der Waals surface area contributed by atoms with Crippen LogP contribution in [-0.4, -0.2) is 21.4 Å². The van der Waals surface area contributed by atoms with Gasteiger partial charge in [-0.1, -0.05) is 42.5 Å². The van der Waals surface area contributed by atoms with Crippen molar-refractivity contribution in [3.63, 3.8) is 0 Å². The third kappa shape index (κ3) is 5.75. The molecule has 178 valence electrons. The van der Waals surface area contributed by atoms with Crippen molar-refractivity contribution >= 4 is 17.5 Å². The maximum atomic E-state index is 13.8. The Balaban J connectivity index is 1.55. The molecule has 1 aromatic heterocycles. The Morgan fingerprint density at radius 3 is 2.29 bits per heavy atom. The van der Waals surface area contributed by atoms with Gasteiger partial charge in [0, 0.05) is 36.0 Å². The molecule has 4 aromatic rings. The molecule has 0 atom stereocenters. The lowest BCUT2D eigenvalue weighted by Gasteiger charge is -2.14. The van der Waals surface area contributed by atoms with Crippen LogP contribution < -0.4 is 11.1 Å². The Kier molecular flexibility index (Phi) is 6.68. The summed E-state index contributed by atoms with van der Waals surface area (Å²) in [5.41, 5.74) is 6.88. The molecule has 9 heteroatoms. The molecule has 0 saturated heterocycles. The Morgan fingerprint density at radius 2 is 1.63 bits per heavy atom. The molecule has 0 aliphatic rings. The van der Waals surface area contributed by atoms with Gasteiger partial charge in [0.05, 0.1) is 17.6 Å². The first-order valence-corrected chi connectivity index (χ1v) is 10.7. The number of aromatic nitrogens is 2. The van der Waals surface area contributed by atoms with E-state index >= 15 is 0 Å². The van der Waals surface area contributed by atoms with Crippen molar-refractivity contribution in [1.29, 1.82) is 0 Å². The first kappa shape index (κ1) is 23.7. The number of rotatable bonds is 7. The number of amides is 2. The molecule has 4 rings (SSSR count). The molecular weight excluding hydrogens is 457 g/mol. The lowest BCUT2D eigenvalue weighted by atomic mass is 9.96. The van der Waals surface area contributed by atoms with E-state index in [9.17, 15) is 22.8 Å². The molecule has 3 N–H and O–H groups in total. The number of alkyl halides is 3. The molecule has 0 bridgehead atoms. The number of nitrogens with zero attached hydrogens (tertiary/aromatic N) is 2. The van der Waals surface area contributed by atoms with Crippen molar-refractivity contribution < 1.29 is 22.8 Å². The van der Waals surface area contributed by atoms with E-state index in [1.807, 2.05) is 0 Å². The van der Waals surface area contributed by atoms with Crippen LogP contribution in [0.3, 0.4) is 0 Å². The number of imidazole rings is 1. The lowest BCUT2D eigenvalue weighted by Crippen LogP contribution is -2.17. The maximum absolute atomic E-state index is 13.8. The number of nitrogens with two attached hydrogens (primary N) is 1. The van der Waals surface area contributed by atoms with Gasteiger partial charge in [0.15, 0.2) is 0 Å². The second-order valence-corrected chi connectivity index (χ2v) is 7.85. The summed E-state index contributed by atoms with van der Waals surface area (Å²) in [6, 6.07) is 19.4. The van der Waals surface area contributed by atoms with Crippen molar-refractivity contribution in [2.75, 3.05) is 5.32 Å². The van der Waals surface area contributed by atoms with E-state index < -0.39 is 17.6 Å². The summed E-state index contributed by atoms with van der Waals surface area (Å²) in [5.74, 6) is -0.885. The lowest BCUT2D eigenvalue weighted by molar-refractivity contribution is -0.137. The average molecular weight is 478 g/mol. The minimum atomic E-state index is -4.53. The Labute approximate surface area is 199 Å². The van der Waals surface area contributed by atoms with Gasteiger partial charge in [0.2, 0.25) is 11.8 Å². The third-order valence-electron chi connectivity index (χ3n) is 5.34. The van der Waals surface area contributed by atoms with E-state index in [1.165, 1.54) is 12.4 Å². The number of hydrogen-bond donors (Lipinski definition) is 2. The Hall–Kier alpha value is -4.40. The first-order chi connectivity index (χ1) is 16.7. The van der Waals surface area contributed by atoms with E-state index in [4.69, 9.17) is 5.73 Å². The van der Waals surface area contributed by atoms with E-state index in [0.717, 1.165) is 6.07 Å². The van der Waals surface area contributed by atoms with Gasteiger partial charge in [0.25, 0.3) is 0 Å². The van der Waals surface area contributed by atoms with Crippen molar-refractivity contribution in [2.45, 2.75) is 19.0 Å². The number of carbonyl (C=O) groups is 2. The zero-order valence-corrected chi connectivity index (χ0v) is 18.4. The number of anilines is 1. The van der Waals surface area contributed by atoms with E-state index in [0.29, 0.717) is 28.2 Å². The normalized spacial score (nSPS) is 11.3. The first-order valence-electron chi connectivity index (χ1n) is 10.7. The maximum Gasteiger partial charge on any atom is 0.417 e. The molecule has 2 amide bonds. The van der Waals surface area contributed by atoms with Crippen LogP contribution in [0.15, 0.2) is 85.3 Å². The highest BCUT2D eigenvalue weighted by molar-refractivity contribution is 5.93. The fourth-order valence-electron chi connectivity index (χ4n) is 3.60. The molecule has 0 fully saturated rings. The van der Waals surface area contributed by atoms with Crippen LogP contribution >= 0.6 is 0 Å². The summed E-state index contributed by atoms with van der Waals surface area (Å²) in [6.45, 7) is 0. The van der Waals surface area contributed by atoms with Crippen LogP contribution in [0, 0.1) is 0 Å². The highest BCUT2D eigenvalue weighted by atomic mass is 19.4. The minimum absolute atomic E-state index is 0.00899. The highest BCUT2D eigenvalue weighted by Crippen LogP contribution is 2.39. The molecule has 0 aliphatic carbocycles. The molecule has 1 heterocycles. The molecular formula is C26H21F3N4O2. The highest BCUT2D eigenvalue weighted by Gasteiger charge is 2.34. The summed E-state index contributed by atoms with van der Waals surface area (Å²) in [6.07, 6.45) is -1.43. The van der Waals surface area contributed by atoms with Gasteiger partial charge >= 0.3 is 6.18 Å². The Bertz CT molecular complexity index is 1350. The number of carbonyl (C=O) groups excluding carboxylic acids is 2. The van der Waals surface area contributed by atoms with Crippen LogP contribution in [0.5, 0.6) is 0 Å². The summed E-state index contributed by atoms with van der Waals surface area (Å²) < 4.78 is 43.2. The van der Waals surface area contributed by atoms with Gasteiger partial charge in [0.1, 0.15) is 0 Å². The van der Waals surface area contributed by atoms with Crippen molar-refractivity contribution in [1.82, 2.24) is 9.55 Å². The second kappa shape index (κ2) is 9.84. The molecule has 0 spiro atoms. The number of hydrogen-bond acceptors (Lipinski definition) is 3. The fourth-order valence-corrected chi connectivity index (χ4v) is 3.60. The van der Waals surface area contributed by atoms with Gasteiger partial charge in [-0.2, -0.15) is 13.2 Å².